The van der Waals surface area contributed by atoms with Crippen molar-refractivity contribution < 1.29 is 0 Å². The minimum absolute atomic E-state index is 0.0776. The Morgan fingerprint density at radius 1 is 0.304 bits per heavy atom. The summed E-state index contributed by atoms with van der Waals surface area (Å²) >= 11 is 3.91. The van der Waals surface area contributed by atoms with E-state index >= 15 is 0 Å². The zero-order chi connectivity index (χ0) is 47.2. The molecule has 69 heavy (non-hydrogen) atoms. The molecule has 0 bridgehead atoms. The Hall–Kier alpha value is -6.52. The van der Waals surface area contributed by atoms with E-state index in [4.69, 9.17) is 0 Å². The van der Waals surface area contributed by atoms with Gasteiger partial charge in [-0.3, -0.25) is 0 Å². The standard InChI is InChI=1S/C66H55BS2/c1-64(2,3)50-36-43(35-45(37-50)62-53-29-19-17-27-51(53)61(42-21-11-8-12-22-42)52-28-18-20-30-54(52)62)44-38-59-63-60(39-44)69-58-34-32-49(66(6,7)47-25-15-10-16-26-47)41-56(58)67(63)55-40-48(31-33-57(55)68-59)65(4,5)46-23-13-9-14-24-46/h8-41H,1-7H3. The molecule has 0 saturated heterocycles. The molecule has 3 heteroatoms. The second-order valence-electron chi connectivity index (χ2n) is 21.3. The summed E-state index contributed by atoms with van der Waals surface area (Å²) in [5.74, 6) is 0. The van der Waals surface area contributed by atoms with Crippen LogP contribution in [0.25, 0.3) is 54.9 Å². The number of hydrogen-bond acceptors (Lipinski definition) is 2. The first kappa shape index (κ1) is 43.7. The first-order chi connectivity index (χ1) is 33.3. The van der Waals surface area contributed by atoms with E-state index in [0.29, 0.717) is 0 Å². The zero-order valence-electron chi connectivity index (χ0n) is 40.5. The van der Waals surface area contributed by atoms with E-state index in [1.54, 1.807) is 0 Å². The van der Waals surface area contributed by atoms with Gasteiger partial charge in [0.15, 0.2) is 0 Å². The molecule has 0 fully saturated rings. The second-order valence-corrected chi connectivity index (χ2v) is 23.4. The average Bonchev–Trinajstić information content (AvgIpc) is 3.37. The first-order valence-electron chi connectivity index (χ1n) is 24.4. The van der Waals surface area contributed by atoms with Crippen molar-refractivity contribution in [1.29, 1.82) is 0 Å². The van der Waals surface area contributed by atoms with Gasteiger partial charge >= 0.3 is 0 Å². The Labute approximate surface area is 417 Å². The van der Waals surface area contributed by atoms with E-state index in [0.717, 1.165) is 0 Å². The van der Waals surface area contributed by atoms with Crippen LogP contribution in [0.1, 0.15) is 76.3 Å². The monoisotopic (exact) mass is 922 g/mol. The molecule has 12 rings (SSSR count). The van der Waals surface area contributed by atoms with Crippen LogP contribution in [-0.2, 0) is 16.2 Å². The highest BCUT2D eigenvalue weighted by molar-refractivity contribution is 8.01. The lowest BCUT2D eigenvalue weighted by molar-refractivity contribution is 0.591. The molecular formula is C66H55BS2. The van der Waals surface area contributed by atoms with Crippen molar-refractivity contribution in [1.82, 2.24) is 0 Å². The molecule has 0 spiro atoms. The highest BCUT2D eigenvalue weighted by Crippen LogP contribution is 2.48. The molecule has 0 aromatic heterocycles. The van der Waals surface area contributed by atoms with Crippen LogP contribution in [0.4, 0.5) is 0 Å². The molecule has 0 amide bonds. The predicted octanol–water partition coefficient (Wildman–Crippen LogP) is 16.4. The van der Waals surface area contributed by atoms with Gasteiger partial charge in [-0.2, -0.15) is 0 Å². The SMILES string of the molecule is CC(C)(C)c1cc(-c2cc3c4c(c2)Sc2ccc(C(C)(C)c5ccccc5)cc2B4c2cc(C(C)(C)c4ccccc4)ccc2S3)cc(-c2c3ccccc3c(-c3ccccc3)c3ccccc23)c1. The maximum absolute atomic E-state index is 2.55. The number of benzene rings is 10. The molecule has 0 radical (unpaired) electrons. The Bertz CT molecular complexity index is 3450. The average molecular weight is 923 g/mol. The molecule has 2 aliphatic rings. The summed E-state index contributed by atoms with van der Waals surface area (Å²) in [6.45, 7) is 16.7. The van der Waals surface area contributed by atoms with E-state index in [-0.39, 0.29) is 23.0 Å². The van der Waals surface area contributed by atoms with Gasteiger partial charge in [0.1, 0.15) is 0 Å². The minimum Gasteiger partial charge on any atom is -0.0911 e. The molecule has 0 unspecified atom stereocenters. The molecule has 0 atom stereocenters. The largest absolute Gasteiger partial charge is 0.247 e. The first-order valence-corrected chi connectivity index (χ1v) is 26.1. The van der Waals surface area contributed by atoms with Crippen LogP contribution in [0, 0.1) is 0 Å². The van der Waals surface area contributed by atoms with Crippen LogP contribution in [0.5, 0.6) is 0 Å². The van der Waals surface area contributed by atoms with E-state index in [9.17, 15) is 0 Å². The topological polar surface area (TPSA) is 0 Å². The van der Waals surface area contributed by atoms with Crippen LogP contribution in [0.2, 0.25) is 0 Å². The van der Waals surface area contributed by atoms with Crippen molar-refractivity contribution in [2.45, 2.75) is 84.3 Å². The lowest BCUT2D eigenvalue weighted by Crippen LogP contribution is -2.58. The molecule has 10 aromatic rings. The van der Waals surface area contributed by atoms with Gasteiger partial charge < -0.3 is 0 Å². The van der Waals surface area contributed by atoms with Gasteiger partial charge in [-0.25, -0.2) is 0 Å². The number of hydrogen-bond donors (Lipinski definition) is 0. The Morgan fingerprint density at radius 2 is 0.696 bits per heavy atom. The summed E-state index contributed by atoms with van der Waals surface area (Å²) in [7, 11) is 0. The van der Waals surface area contributed by atoms with E-state index < -0.39 is 0 Å². The molecule has 0 N–H and O–H groups in total. The maximum atomic E-state index is 2.55. The van der Waals surface area contributed by atoms with E-state index in [1.165, 1.54) is 119 Å². The Balaban J connectivity index is 1.06. The molecule has 0 aliphatic carbocycles. The third kappa shape index (κ3) is 7.40. The maximum Gasteiger partial charge on any atom is 0.247 e. The highest BCUT2D eigenvalue weighted by Gasteiger charge is 2.40. The molecule has 2 heterocycles. The van der Waals surface area contributed by atoms with Gasteiger partial charge in [-0.05, 0) is 124 Å². The molecular weight excluding hydrogens is 868 g/mol. The van der Waals surface area contributed by atoms with Gasteiger partial charge in [0.25, 0.3) is 0 Å². The third-order valence-corrected chi connectivity index (χ3v) is 17.6. The lowest BCUT2D eigenvalue weighted by atomic mass is 9.36. The zero-order valence-corrected chi connectivity index (χ0v) is 42.2. The number of rotatable bonds is 7. The van der Waals surface area contributed by atoms with Crippen molar-refractivity contribution in [3.8, 4) is 33.4 Å². The summed E-state index contributed by atoms with van der Waals surface area (Å²) in [6, 6.07) is 78.2. The summed E-state index contributed by atoms with van der Waals surface area (Å²) in [4.78, 5) is 5.39. The van der Waals surface area contributed by atoms with Crippen LogP contribution in [0.3, 0.4) is 0 Å². The Kier molecular flexibility index (Phi) is 10.5. The van der Waals surface area contributed by atoms with Crippen LogP contribution in [0.15, 0.2) is 226 Å². The molecule has 2 aliphatic heterocycles. The van der Waals surface area contributed by atoms with Crippen LogP contribution < -0.4 is 16.4 Å². The lowest BCUT2D eigenvalue weighted by Gasteiger charge is -2.36. The van der Waals surface area contributed by atoms with Gasteiger partial charge in [0, 0.05) is 30.4 Å². The molecule has 10 aromatic carbocycles. The quantitative estimate of drug-likeness (QED) is 0.115. The molecule has 334 valence electrons. The van der Waals surface area contributed by atoms with Gasteiger partial charge in [0.2, 0.25) is 6.71 Å². The van der Waals surface area contributed by atoms with E-state index in [1.807, 2.05) is 23.5 Å². The fraction of sp³-hybridized carbons (Fsp3) is 0.152. The van der Waals surface area contributed by atoms with E-state index in [2.05, 4.69) is 255 Å². The van der Waals surface area contributed by atoms with Crippen molar-refractivity contribution in [2.24, 2.45) is 0 Å². The Morgan fingerprint density at radius 3 is 1.14 bits per heavy atom. The van der Waals surface area contributed by atoms with Crippen molar-refractivity contribution in [3.05, 3.63) is 234 Å². The van der Waals surface area contributed by atoms with Crippen LogP contribution in [-0.4, -0.2) is 6.71 Å². The minimum atomic E-state index is -0.161. The third-order valence-electron chi connectivity index (χ3n) is 15.3. The van der Waals surface area contributed by atoms with Crippen molar-refractivity contribution in [3.63, 3.8) is 0 Å². The fourth-order valence-electron chi connectivity index (χ4n) is 11.2. The normalized spacial score (nSPS) is 13.3. The van der Waals surface area contributed by atoms with Crippen molar-refractivity contribution in [2.75, 3.05) is 0 Å². The smallest absolute Gasteiger partial charge is 0.0911 e. The van der Waals surface area contributed by atoms with Crippen LogP contribution >= 0.6 is 23.5 Å². The summed E-state index contributed by atoms with van der Waals surface area (Å²) in [5.41, 5.74) is 18.2. The van der Waals surface area contributed by atoms with Crippen molar-refractivity contribution >= 4 is 68.2 Å². The summed E-state index contributed by atoms with van der Waals surface area (Å²) in [5, 5.41) is 5.11. The summed E-state index contributed by atoms with van der Waals surface area (Å²) in [6.07, 6.45) is 0. The fourth-order valence-corrected chi connectivity index (χ4v) is 13.7. The highest BCUT2D eigenvalue weighted by atomic mass is 32.2. The van der Waals surface area contributed by atoms with Gasteiger partial charge in [-0.1, -0.05) is 259 Å². The molecule has 0 nitrogen and oxygen atoms in total. The van der Waals surface area contributed by atoms with Gasteiger partial charge in [-0.15, -0.1) is 0 Å². The number of fused-ring (bicyclic) bond motifs is 6. The predicted molar refractivity (Wildman–Crippen MR) is 299 cm³/mol. The second kappa shape index (κ2) is 16.6. The molecule has 0 saturated carbocycles. The summed E-state index contributed by atoms with van der Waals surface area (Å²) < 4.78 is 0. The van der Waals surface area contributed by atoms with Gasteiger partial charge in [0.05, 0.1) is 0 Å².